The fourth-order valence-corrected chi connectivity index (χ4v) is 2.29. The third kappa shape index (κ3) is 5.06. The van der Waals surface area contributed by atoms with E-state index in [1.54, 1.807) is 11.8 Å². The van der Waals surface area contributed by atoms with E-state index in [0.29, 0.717) is 6.04 Å². The number of thioether (sulfide) groups is 1. The Hall–Kier alpha value is -0.580. The average molecular weight is 254 g/mol. The van der Waals surface area contributed by atoms with Crippen LogP contribution < -0.4 is 5.32 Å². The van der Waals surface area contributed by atoms with Crippen molar-refractivity contribution in [1.82, 2.24) is 10.3 Å². The summed E-state index contributed by atoms with van der Waals surface area (Å²) >= 11 is 1.61. The number of aliphatic hydroxyl groups is 1. The fraction of sp³-hybridized carbons (Fsp3) is 0.615. The monoisotopic (exact) mass is 254 g/mol. The first-order valence-electron chi connectivity index (χ1n) is 6.14. The molecule has 0 saturated heterocycles. The number of nitrogens with zero attached hydrogens (tertiary/aromatic N) is 1. The van der Waals surface area contributed by atoms with Crippen LogP contribution in [0.25, 0.3) is 0 Å². The first-order chi connectivity index (χ1) is 8.17. The zero-order valence-electron chi connectivity index (χ0n) is 10.8. The smallest absolute Gasteiger partial charge is 0.0966 e. The molecule has 0 saturated carbocycles. The third-order valence-electron chi connectivity index (χ3n) is 2.54. The molecule has 0 aliphatic rings. The van der Waals surface area contributed by atoms with Crippen LogP contribution in [-0.2, 0) is 0 Å². The lowest BCUT2D eigenvalue weighted by molar-refractivity contribution is 0.300. The average Bonchev–Trinajstić information content (AvgIpc) is 2.36. The topological polar surface area (TPSA) is 45.2 Å². The molecule has 0 radical (unpaired) electrons. The van der Waals surface area contributed by atoms with Crippen molar-refractivity contribution in [2.24, 2.45) is 0 Å². The van der Waals surface area contributed by atoms with Crippen molar-refractivity contribution in [3.05, 3.63) is 23.9 Å². The van der Waals surface area contributed by atoms with Crippen LogP contribution in [0, 0.1) is 0 Å². The molecule has 1 aromatic heterocycles. The van der Waals surface area contributed by atoms with Crippen LogP contribution in [-0.4, -0.2) is 28.5 Å². The number of hydrogen-bond acceptors (Lipinski definition) is 4. The summed E-state index contributed by atoms with van der Waals surface area (Å²) in [5.74, 6) is 0. The molecule has 0 aliphatic carbocycles. The minimum atomic E-state index is 0.181. The van der Waals surface area contributed by atoms with Gasteiger partial charge in [0.15, 0.2) is 0 Å². The molecule has 0 amide bonds. The van der Waals surface area contributed by atoms with Gasteiger partial charge in [0, 0.05) is 17.5 Å². The van der Waals surface area contributed by atoms with Crippen molar-refractivity contribution in [3.8, 4) is 0 Å². The molecule has 1 rings (SSSR count). The molecule has 0 aromatic carbocycles. The van der Waals surface area contributed by atoms with E-state index in [-0.39, 0.29) is 11.9 Å². The van der Waals surface area contributed by atoms with Crippen LogP contribution >= 0.6 is 11.8 Å². The van der Waals surface area contributed by atoms with Crippen LogP contribution in [0.2, 0.25) is 0 Å². The SMILES string of the molecule is CCCNC(C)c1ccnc(SC(C)CO)c1. The largest absolute Gasteiger partial charge is 0.395 e. The maximum atomic E-state index is 9.03. The van der Waals surface area contributed by atoms with Gasteiger partial charge in [-0.2, -0.15) is 0 Å². The van der Waals surface area contributed by atoms with Crippen molar-refractivity contribution in [1.29, 1.82) is 0 Å². The predicted octanol–water partition coefficient (Wildman–Crippen LogP) is 2.62. The van der Waals surface area contributed by atoms with Crippen LogP contribution in [0.1, 0.15) is 38.8 Å². The molecule has 1 heterocycles. The summed E-state index contributed by atoms with van der Waals surface area (Å²) < 4.78 is 0. The summed E-state index contributed by atoms with van der Waals surface area (Å²) in [5.41, 5.74) is 1.25. The molecule has 2 atom stereocenters. The second-order valence-electron chi connectivity index (χ2n) is 4.21. The van der Waals surface area contributed by atoms with Gasteiger partial charge in [-0.25, -0.2) is 4.98 Å². The first-order valence-corrected chi connectivity index (χ1v) is 7.02. The van der Waals surface area contributed by atoms with E-state index < -0.39 is 0 Å². The maximum absolute atomic E-state index is 9.03. The van der Waals surface area contributed by atoms with Gasteiger partial charge in [-0.15, -0.1) is 11.8 Å². The molecule has 0 spiro atoms. The summed E-state index contributed by atoms with van der Waals surface area (Å²) in [5, 5.41) is 13.7. The van der Waals surface area contributed by atoms with Gasteiger partial charge in [0.2, 0.25) is 0 Å². The van der Waals surface area contributed by atoms with Crippen molar-refractivity contribution in [2.75, 3.05) is 13.2 Å². The van der Waals surface area contributed by atoms with Gasteiger partial charge in [0.05, 0.1) is 11.6 Å². The highest BCUT2D eigenvalue weighted by atomic mass is 32.2. The van der Waals surface area contributed by atoms with Crippen LogP contribution in [0.5, 0.6) is 0 Å². The van der Waals surface area contributed by atoms with Gasteiger partial charge in [0.25, 0.3) is 0 Å². The molecule has 1 aromatic rings. The van der Waals surface area contributed by atoms with Gasteiger partial charge in [-0.05, 0) is 37.6 Å². The highest BCUT2D eigenvalue weighted by Crippen LogP contribution is 2.23. The number of rotatable bonds is 7. The van der Waals surface area contributed by atoms with Gasteiger partial charge in [-0.1, -0.05) is 13.8 Å². The molecule has 0 fully saturated rings. The standard InChI is InChI=1S/C13H22N2OS/c1-4-6-14-11(3)12-5-7-15-13(8-12)17-10(2)9-16/h5,7-8,10-11,14,16H,4,6,9H2,1-3H3. The Morgan fingerprint density at radius 1 is 1.47 bits per heavy atom. The van der Waals surface area contributed by atoms with Crippen LogP contribution in [0.4, 0.5) is 0 Å². The Bertz CT molecular complexity index is 333. The van der Waals surface area contributed by atoms with Crippen molar-refractivity contribution >= 4 is 11.8 Å². The van der Waals surface area contributed by atoms with E-state index in [1.807, 2.05) is 19.2 Å². The first kappa shape index (κ1) is 14.5. The van der Waals surface area contributed by atoms with E-state index in [9.17, 15) is 0 Å². The quantitative estimate of drug-likeness (QED) is 0.734. The zero-order chi connectivity index (χ0) is 12.7. The van der Waals surface area contributed by atoms with E-state index in [2.05, 4.69) is 30.2 Å². The van der Waals surface area contributed by atoms with E-state index in [0.717, 1.165) is 18.0 Å². The van der Waals surface area contributed by atoms with Gasteiger partial charge in [-0.3, -0.25) is 0 Å². The molecule has 2 unspecified atom stereocenters. The third-order valence-corrected chi connectivity index (χ3v) is 3.55. The molecule has 0 aliphatic heterocycles. The van der Waals surface area contributed by atoms with Crippen molar-refractivity contribution in [2.45, 2.75) is 43.5 Å². The Kier molecular flexibility index (Phi) is 6.55. The van der Waals surface area contributed by atoms with E-state index in [4.69, 9.17) is 5.11 Å². The molecule has 17 heavy (non-hydrogen) atoms. The number of aromatic nitrogens is 1. The van der Waals surface area contributed by atoms with Crippen molar-refractivity contribution < 1.29 is 5.11 Å². The Balaban J connectivity index is 2.64. The van der Waals surface area contributed by atoms with E-state index >= 15 is 0 Å². The molecular weight excluding hydrogens is 232 g/mol. The molecule has 96 valence electrons. The Labute approximate surface area is 108 Å². The second kappa shape index (κ2) is 7.69. The molecule has 2 N–H and O–H groups in total. The summed E-state index contributed by atoms with van der Waals surface area (Å²) in [4.78, 5) is 4.31. The minimum Gasteiger partial charge on any atom is -0.395 e. The summed E-state index contributed by atoms with van der Waals surface area (Å²) in [6.07, 6.45) is 2.98. The minimum absolute atomic E-state index is 0.181. The highest BCUT2D eigenvalue weighted by molar-refractivity contribution is 7.99. The molecule has 0 bridgehead atoms. The maximum Gasteiger partial charge on any atom is 0.0966 e. The Morgan fingerprint density at radius 2 is 2.24 bits per heavy atom. The summed E-state index contributed by atoms with van der Waals surface area (Å²) in [6, 6.07) is 4.49. The molecule has 4 heteroatoms. The normalized spacial score (nSPS) is 14.6. The van der Waals surface area contributed by atoms with Gasteiger partial charge in [0.1, 0.15) is 0 Å². The Morgan fingerprint density at radius 3 is 2.88 bits per heavy atom. The lowest BCUT2D eigenvalue weighted by Crippen LogP contribution is -2.19. The number of aliphatic hydroxyl groups excluding tert-OH is 1. The highest BCUT2D eigenvalue weighted by Gasteiger charge is 2.08. The second-order valence-corrected chi connectivity index (χ2v) is 5.67. The van der Waals surface area contributed by atoms with Gasteiger partial charge >= 0.3 is 0 Å². The lowest BCUT2D eigenvalue weighted by Gasteiger charge is -2.14. The predicted molar refractivity (Wildman–Crippen MR) is 73.4 cm³/mol. The van der Waals surface area contributed by atoms with Gasteiger partial charge < -0.3 is 10.4 Å². The van der Waals surface area contributed by atoms with Crippen LogP contribution in [0.15, 0.2) is 23.4 Å². The fourth-order valence-electron chi connectivity index (χ4n) is 1.48. The molecule has 3 nitrogen and oxygen atoms in total. The zero-order valence-corrected chi connectivity index (χ0v) is 11.6. The van der Waals surface area contributed by atoms with Crippen molar-refractivity contribution in [3.63, 3.8) is 0 Å². The lowest BCUT2D eigenvalue weighted by atomic mass is 10.1. The number of hydrogen-bond donors (Lipinski definition) is 2. The number of pyridine rings is 1. The van der Waals surface area contributed by atoms with E-state index in [1.165, 1.54) is 5.56 Å². The van der Waals surface area contributed by atoms with Crippen LogP contribution in [0.3, 0.4) is 0 Å². The number of nitrogens with one attached hydrogen (secondary N) is 1. The molecular formula is C13H22N2OS. The summed E-state index contributed by atoms with van der Waals surface area (Å²) in [6.45, 7) is 7.53. The summed E-state index contributed by atoms with van der Waals surface area (Å²) in [7, 11) is 0.